The van der Waals surface area contributed by atoms with Gasteiger partial charge in [-0.05, 0) is 32.0 Å². The van der Waals surface area contributed by atoms with Gasteiger partial charge in [0.25, 0.3) is 5.56 Å². The predicted octanol–water partition coefficient (Wildman–Crippen LogP) is 2.57. The van der Waals surface area contributed by atoms with E-state index in [1.807, 2.05) is 23.0 Å². The molecule has 0 radical (unpaired) electrons. The highest BCUT2D eigenvalue weighted by atomic mass is 35.5. The van der Waals surface area contributed by atoms with Crippen LogP contribution in [0.15, 0.2) is 35.5 Å². The van der Waals surface area contributed by atoms with Gasteiger partial charge in [-0.15, -0.1) is 24.8 Å². The summed E-state index contributed by atoms with van der Waals surface area (Å²) in [6, 6.07) is 3.76. The highest BCUT2D eigenvalue weighted by Crippen LogP contribution is 2.13. The van der Waals surface area contributed by atoms with Crippen molar-refractivity contribution < 1.29 is 0 Å². The molecule has 22 heavy (non-hydrogen) atoms. The average Bonchev–Trinajstić information content (AvgIpc) is 2.88. The number of aromatic amines is 1. The van der Waals surface area contributed by atoms with E-state index in [4.69, 9.17) is 0 Å². The number of nitrogens with one attached hydrogen (secondary N) is 1. The highest BCUT2D eigenvalue weighted by Gasteiger charge is 2.11. The third kappa shape index (κ3) is 4.60. The maximum Gasteiger partial charge on any atom is 0.271 e. The molecule has 2 aromatic heterocycles. The fourth-order valence-electron chi connectivity index (χ4n) is 2.72. The lowest BCUT2D eigenvalue weighted by Gasteiger charge is -2.26. The molecule has 3 rings (SSSR count). The zero-order valence-corrected chi connectivity index (χ0v) is 14.0. The van der Waals surface area contributed by atoms with Gasteiger partial charge in [-0.1, -0.05) is 12.5 Å². The summed E-state index contributed by atoms with van der Waals surface area (Å²) >= 11 is 0. The fourth-order valence-corrected chi connectivity index (χ4v) is 2.72. The molecule has 1 saturated heterocycles. The van der Waals surface area contributed by atoms with Crippen molar-refractivity contribution in [1.29, 1.82) is 0 Å². The Morgan fingerprint density at radius 3 is 2.59 bits per heavy atom. The first-order chi connectivity index (χ1) is 9.83. The Morgan fingerprint density at radius 2 is 1.91 bits per heavy atom. The largest absolute Gasteiger partial charge is 0.302 e. The van der Waals surface area contributed by atoms with Crippen LogP contribution in [0.1, 0.15) is 19.3 Å². The summed E-state index contributed by atoms with van der Waals surface area (Å²) < 4.78 is 1.89. The first-order valence-corrected chi connectivity index (χ1v) is 7.25. The molecule has 0 aromatic carbocycles. The van der Waals surface area contributed by atoms with Crippen molar-refractivity contribution >= 4 is 24.8 Å². The van der Waals surface area contributed by atoms with Crippen LogP contribution in [0.25, 0.3) is 11.1 Å². The van der Waals surface area contributed by atoms with Gasteiger partial charge in [-0.3, -0.25) is 19.6 Å². The van der Waals surface area contributed by atoms with E-state index >= 15 is 0 Å². The van der Waals surface area contributed by atoms with Gasteiger partial charge in [0, 0.05) is 30.7 Å². The van der Waals surface area contributed by atoms with Crippen LogP contribution < -0.4 is 5.56 Å². The Hall–Kier alpha value is -1.30. The number of H-pyrrole nitrogens is 1. The molecule has 1 N–H and O–H groups in total. The average molecular weight is 345 g/mol. The Labute approximate surface area is 142 Å². The second kappa shape index (κ2) is 8.98. The van der Waals surface area contributed by atoms with Gasteiger partial charge in [0.05, 0.1) is 12.1 Å². The second-order valence-electron chi connectivity index (χ2n) is 5.32. The molecular weight excluding hydrogens is 323 g/mol. The number of rotatable bonds is 4. The van der Waals surface area contributed by atoms with Crippen molar-refractivity contribution in [2.24, 2.45) is 0 Å². The van der Waals surface area contributed by atoms with Crippen LogP contribution in [-0.2, 0) is 6.54 Å². The van der Waals surface area contributed by atoms with E-state index < -0.39 is 0 Å². The highest BCUT2D eigenvalue weighted by molar-refractivity contribution is 5.85. The van der Waals surface area contributed by atoms with Crippen molar-refractivity contribution in [3.05, 3.63) is 41.1 Å². The summed E-state index contributed by atoms with van der Waals surface area (Å²) in [7, 11) is 0. The van der Waals surface area contributed by atoms with Crippen molar-refractivity contribution in [3.63, 3.8) is 0 Å². The van der Waals surface area contributed by atoms with Crippen molar-refractivity contribution in [1.82, 2.24) is 19.7 Å². The summed E-state index contributed by atoms with van der Waals surface area (Å²) in [4.78, 5) is 18.5. The molecule has 0 saturated carbocycles. The minimum absolute atomic E-state index is 0. The predicted molar refractivity (Wildman–Crippen MR) is 93.1 cm³/mol. The van der Waals surface area contributed by atoms with Crippen LogP contribution in [0.5, 0.6) is 0 Å². The molecule has 1 aliphatic heterocycles. The van der Waals surface area contributed by atoms with Crippen molar-refractivity contribution in [2.45, 2.75) is 25.8 Å². The summed E-state index contributed by atoms with van der Waals surface area (Å²) in [6.07, 6.45) is 9.27. The van der Waals surface area contributed by atoms with Crippen molar-refractivity contribution in [3.8, 4) is 11.1 Å². The molecule has 1 aliphatic rings. The first kappa shape index (κ1) is 18.7. The van der Waals surface area contributed by atoms with E-state index in [0.717, 1.165) is 18.7 Å². The lowest BCUT2D eigenvalue weighted by atomic mass is 10.1. The Kier molecular flexibility index (Phi) is 7.65. The smallest absolute Gasteiger partial charge is 0.271 e. The minimum Gasteiger partial charge on any atom is -0.302 e. The van der Waals surface area contributed by atoms with E-state index in [1.165, 1.54) is 32.4 Å². The lowest BCUT2D eigenvalue weighted by Crippen LogP contribution is -2.32. The number of hydrogen-bond acceptors (Lipinski definition) is 3. The zero-order chi connectivity index (χ0) is 13.8. The number of halogens is 2. The normalized spacial score (nSPS) is 14.9. The van der Waals surface area contributed by atoms with Gasteiger partial charge in [-0.2, -0.15) is 0 Å². The van der Waals surface area contributed by atoms with Crippen LogP contribution in [0.2, 0.25) is 0 Å². The second-order valence-corrected chi connectivity index (χ2v) is 5.32. The quantitative estimate of drug-likeness (QED) is 0.927. The maximum absolute atomic E-state index is 12.0. The molecule has 0 aliphatic carbocycles. The molecule has 2 aromatic rings. The van der Waals surface area contributed by atoms with E-state index in [9.17, 15) is 4.79 Å². The molecule has 0 amide bonds. The molecule has 0 atom stereocenters. The third-order valence-electron chi connectivity index (χ3n) is 3.85. The van der Waals surface area contributed by atoms with Crippen LogP contribution in [0.4, 0.5) is 0 Å². The Balaban J connectivity index is 0.00000121. The number of nitrogens with zero attached hydrogens (tertiary/aromatic N) is 3. The van der Waals surface area contributed by atoms with Crippen LogP contribution in [-0.4, -0.2) is 39.3 Å². The van der Waals surface area contributed by atoms with E-state index in [2.05, 4.69) is 15.0 Å². The van der Waals surface area contributed by atoms with Gasteiger partial charge in [-0.25, -0.2) is 0 Å². The molecule has 5 nitrogen and oxygen atoms in total. The van der Waals surface area contributed by atoms with E-state index in [-0.39, 0.29) is 30.4 Å². The Morgan fingerprint density at radius 1 is 1.14 bits per heavy atom. The number of pyridine rings is 1. The standard InChI is InChI=1S/C15H20N4O.2ClH/c20-15-14(13-5-4-6-16-11-13)12-19(17-15)10-9-18-7-2-1-3-8-18;;/h4-6,11-12H,1-3,7-10H2,(H,17,20);2*1H. The summed E-state index contributed by atoms with van der Waals surface area (Å²) in [5.41, 5.74) is 1.51. The topological polar surface area (TPSA) is 53.9 Å². The van der Waals surface area contributed by atoms with Gasteiger partial charge < -0.3 is 4.90 Å². The zero-order valence-electron chi connectivity index (χ0n) is 12.4. The minimum atomic E-state index is -0.0448. The number of likely N-dealkylation sites (tertiary alicyclic amines) is 1. The van der Waals surface area contributed by atoms with E-state index in [1.54, 1.807) is 12.4 Å². The summed E-state index contributed by atoms with van der Waals surface area (Å²) in [6.45, 7) is 4.19. The van der Waals surface area contributed by atoms with Crippen LogP contribution in [0.3, 0.4) is 0 Å². The Bertz CT molecular complexity index is 606. The molecule has 0 bridgehead atoms. The molecular formula is C15H22Cl2N4O. The van der Waals surface area contributed by atoms with Gasteiger partial charge >= 0.3 is 0 Å². The maximum atomic E-state index is 12.0. The number of piperidine rings is 1. The van der Waals surface area contributed by atoms with Gasteiger partial charge in [0.1, 0.15) is 0 Å². The first-order valence-electron chi connectivity index (χ1n) is 7.25. The number of hydrogen-bond donors (Lipinski definition) is 1. The third-order valence-corrected chi connectivity index (χ3v) is 3.85. The summed E-state index contributed by atoms with van der Waals surface area (Å²) in [5, 5.41) is 2.89. The molecule has 1 fully saturated rings. The fraction of sp³-hybridized carbons (Fsp3) is 0.467. The summed E-state index contributed by atoms with van der Waals surface area (Å²) in [5.74, 6) is 0. The van der Waals surface area contributed by atoms with E-state index in [0.29, 0.717) is 5.56 Å². The van der Waals surface area contributed by atoms with Crippen molar-refractivity contribution in [2.75, 3.05) is 19.6 Å². The molecule has 0 unspecified atom stereocenters. The van der Waals surface area contributed by atoms with Gasteiger partial charge in [0.2, 0.25) is 0 Å². The monoisotopic (exact) mass is 344 g/mol. The van der Waals surface area contributed by atoms with Gasteiger partial charge in [0.15, 0.2) is 0 Å². The molecule has 122 valence electrons. The SMILES string of the molecule is Cl.Cl.O=c1[nH]n(CCN2CCCCC2)cc1-c1cccnc1. The molecule has 3 heterocycles. The molecule has 7 heteroatoms. The van der Waals surface area contributed by atoms with Crippen LogP contribution in [0, 0.1) is 0 Å². The lowest BCUT2D eigenvalue weighted by molar-refractivity contribution is 0.218. The van der Waals surface area contributed by atoms with Crippen LogP contribution >= 0.6 is 24.8 Å². The molecule has 0 spiro atoms. The number of aromatic nitrogens is 3.